The van der Waals surface area contributed by atoms with Crippen LogP contribution in [0.15, 0.2) is 30.8 Å². The molecular weight excluding hydrogens is 202 g/mol. The molecule has 1 fully saturated rings. The summed E-state index contributed by atoms with van der Waals surface area (Å²) in [5.41, 5.74) is 2.63. The van der Waals surface area contributed by atoms with Crippen LogP contribution in [0, 0.1) is 0 Å². The van der Waals surface area contributed by atoms with E-state index in [-0.39, 0.29) is 0 Å². The molecule has 1 aromatic rings. The molecule has 0 aliphatic carbocycles. The molecule has 0 aromatic heterocycles. The third kappa shape index (κ3) is 3.11. The zero-order valence-electron chi connectivity index (χ0n) is 8.91. The van der Waals surface area contributed by atoms with Crippen LogP contribution in [0.5, 0.6) is 0 Å². The molecule has 0 amide bonds. The first kappa shape index (κ1) is 10.8. The van der Waals surface area contributed by atoms with Gasteiger partial charge in [0.25, 0.3) is 0 Å². The Morgan fingerprint density at radius 3 is 2.80 bits per heavy atom. The molecule has 2 rings (SSSR count). The van der Waals surface area contributed by atoms with Crippen molar-refractivity contribution in [3.05, 3.63) is 42.0 Å². The Bertz CT molecular complexity index is 312. The summed E-state index contributed by atoms with van der Waals surface area (Å²) in [4.78, 5) is 0. The minimum Gasteiger partial charge on any atom is -0.305 e. The van der Waals surface area contributed by atoms with Crippen molar-refractivity contribution in [1.29, 1.82) is 0 Å². The molecule has 1 N–H and O–H groups in total. The molecular formula is C13H17NS. The molecule has 1 nitrogen and oxygen atoms in total. The lowest BCUT2D eigenvalue weighted by atomic mass is 10.1. The standard InChI is InChI=1S/C13H17NS/c1-2-11-3-5-12(6-4-11)7-8-13-14-9-10-15-13/h2-6,13-14H,1,7-10H2. The minimum absolute atomic E-state index is 0.670. The van der Waals surface area contributed by atoms with Crippen molar-refractivity contribution in [2.45, 2.75) is 18.2 Å². The minimum atomic E-state index is 0.670. The number of nitrogens with one attached hydrogen (secondary N) is 1. The van der Waals surface area contributed by atoms with Crippen LogP contribution in [0.3, 0.4) is 0 Å². The van der Waals surface area contributed by atoms with Gasteiger partial charge < -0.3 is 5.32 Å². The second-order valence-electron chi connectivity index (χ2n) is 3.80. The monoisotopic (exact) mass is 219 g/mol. The van der Waals surface area contributed by atoms with Gasteiger partial charge in [-0.15, -0.1) is 11.8 Å². The van der Waals surface area contributed by atoms with E-state index in [1.165, 1.54) is 36.3 Å². The lowest BCUT2D eigenvalue weighted by Gasteiger charge is -2.08. The molecule has 1 atom stereocenters. The largest absolute Gasteiger partial charge is 0.305 e. The fourth-order valence-corrected chi connectivity index (χ4v) is 2.82. The third-order valence-corrected chi connectivity index (χ3v) is 3.95. The van der Waals surface area contributed by atoms with Gasteiger partial charge in [-0.05, 0) is 24.0 Å². The van der Waals surface area contributed by atoms with E-state index in [1.54, 1.807) is 0 Å². The predicted octanol–water partition coefficient (Wildman–Crippen LogP) is 2.92. The van der Waals surface area contributed by atoms with E-state index in [9.17, 15) is 0 Å². The van der Waals surface area contributed by atoms with E-state index in [0.29, 0.717) is 5.37 Å². The molecule has 0 saturated carbocycles. The van der Waals surface area contributed by atoms with Crippen molar-refractivity contribution < 1.29 is 0 Å². The third-order valence-electron chi connectivity index (χ3n) is 2.70. The number of rotatable bonds is 4. The molecule has 1 aliphatic heterocycles. The molecule has 1 heterocycles. The maximum atomic E-state index is 3.76. The molecule has 1 unspecified atom stereocenters. The van der Waals surface area contributed by atoms with Crippen LogP contribution in [0.2, 0.25) is 0 Å². The summed E-state index contributed by atoms with van der Waals surface area (Å²) in [5.74, 6) is 1.26. The van der Waals surface area contributed by atoms with Crippen molar-refractivity contribution >= 4 is 17.8 Å². The first-order valence-electron chi connectivity index (χ1n) is 5.45. The van der Waals surface area contributed by atoms with Gasteiger partial charge in [-0.1, -0.05) is 36.9 Å². The predicted molar refractivity (Wildman–Crippen MR) is 69.1 cm³/mol. The molecule has 80 valence electrons. The molecule has 2 heteroatoms. The highest BCUT2D eigenvalue weighted by Gasteiger charge is 2.13. The molecule has 0 bridgehead atoms. The first-order chi connectivity index (χ1) is 7.38. The molecule has 1 aliphatic rings. The SMILES string of the molecule is C=Cc1ccc(CCC2NCCS2)cc1. The van der Waals surface area contributed by atoms with Crippen LogP contribution < -0.4 is 5.32 Å². The smallest absolute Gasteiger partial charge is 0.0536 e. The van der Waals surface area contributed by atoms with E-state index in [2.05, 4.69) is 36.2 Å². The fraction of sp³-hybridized carbons (Fsp3) is 0.385. The van der Waals surface area contributed by atoms with E-state index in [4.69, 9.17) is 0 Å². The highest BCUT2D eigenvalue weighted by atomic mass is 32.2. The molecule has 0 radical (unpaired) electrons. The van der Waals surface area contributed by atoms with Crippen molar-refractivity contribution in [1.82, 2.24) is 5.32 Å². The van der Waals surface area contributed by atoms with Crippen LogP contribution in [0.4, 0.5) is 0 Å². The van der Waals surface area contributed by atoms with Gasteiger partial charge in [0.05, 0.1) is 5.37 Å². The second-order valence-corrected chi connectivity index (χ2v) is 5.11. The molecule has 15 heavy (non-hydrogen) atoms. The summed E-state index contributed by atoms with van der Waals surface area (Å²) in [6, 6.07) is 8.68. The van der Waals surface area contributed by atoms with Crippen molar-refractivity contribution in [2.24, 2.45) is 0 Å². The Morgan fingerprint density at radius 1 is 1.40 bits per heavy atom. The molecule has 0 spiro atoms. The van der Waals surface area contributed by atoms with Crippen LogP contribution in [0.1, 0.15) is 17.5 Å². The Kier molecular flexibility index (Phi) is 3.87. The van der Waals surface area contributed by atoms with Crippen molar-refractivity contribution in [2.75, 3.05) is 12.3 Å². The Balaban J connectivity index is 1.84. The molecule has 1 aromatic carbocycles. The van der Waals surface area contributed by atoms with Gasteiger partial charge in [-0.25, -0.2) is 0 Å². The summed E-state index contributed by atoms with van der Waals surface area (Å²) in [7, 11) is 0. The van der Waals surface area contributed by atoms with Crippen LogP contribution in [-0.2, 0) is 6.42 Å². The van der Waals surface area contributed by atoms with Crippen LogP contribution in [-0.4, -0.2) is 17.7 Å². The van der Waals surface area contributed by atoms with E-state index < -0.39 is 0 Å². The summed E-state index contributed by atoms with van der Waals surface area (Å²) < 4.78 is 0. The van der Waals surface area contributed by atoms with Gasteiger partial charge in [0.1, 0.15) is 0 Å². The average Bonchev–Trinajstić information content (AvgIpc) is 2.80. The quantitative estimate of drug-likeness (QED) is 0.835. The summed E-state index contributed by atoms with van der Waals surface area (Å²) in [6.07, 6.45) is 4.29. The maximum absolute atomic E-state index is 3.76. The van der Waals surface area contributed by atoms with Crippen LogP contribution in [0.25, 0.3) is 6.08 Å². The second kappa shape index (κ2) is 5.38. The van der Waals surface area contributed by atoms with Crippen LogP contribution >= 0.6 is 11.8 Å². The highest BCUT2D eigenvalue weighted by molar-refractivity contribution is 8.00. The van der Waals surface area contributed by atoms with E-state index in [0.717, 1.165) is 0 Å². The summed E-state index contributed by atoms with van der Waals surface area (Å²) in [5, 5.41) is 4.17. The lowest BCUT2D eigenvalue weighted by Crippen LogP contribution is -2.19. The number of aryl methyl sites for hydroxylation is 1. The topological polar surface area (TPSA) is 12.0 Å². The summed E-state index contributed by atoms with van der Waals surface area (Å²) in [6.45, 7) is 4.93. The highest BCUT2D eigenvalue weighted by Crippen LogP contribution is 2.19. The van der Waals surface area contributed by atoms with Gasteiger partial charge in [-0.3, -0.25) is 0 Å². The average molecular weight is 219 g/mol. The molecule has 1 saturated heterocycles. The normalized spacial score (nSPS) is 20.4. The van der Waals surface area contributed by atoms with E-state index in [1.807, 2.05) is 17.8 Å². The van der Waals surface area contributed by atoms with E-state index >= 15 is 0 Å². The Labute approximate surface area is 96.0 Å². The van der Waals surface area contributed by atoms with Crippen molar-refractivity contribution in [3.63, 3.8) is 0 Å². The van der Waals surface area contributed by atoms with Gasteiger partial charge in [0.2, 0.25) is 0 Å². The maximum Gasteiger partial charge on any atom is 0.0536 e. The van der Waals surface area contributed by atoms with Crippen molar-refractivity contribution in [3.8, 4) is 0 Å². The Hall–Kier alpha value is -0.730. The van der Waals surface area contributed by atoms with Gasteiger partial charge in [-0.2, -0.15) is 0 Å². The summed E-state index contributed by atoms with van der Waals surface area (Å²) >= 11 is 2.04. The number of benzene rings is 1. The first-order valence-corrected chi connectivity index (χ1v) is 6.50. The Morgan fingerprint density at radius 2 is 2.20 bits per heavy atom. The fourth-order valence-electron chi connectivity index (χ4n) is 1.78. The van der Waals surface area contributed by atoms with Gasteiger partial charge >= 0.3 is 0 Å². The number of hydrogen-bond donors (Lipinski definition) is 1. The van der Waals surface area contributed by atoms with Gasteiger partial charge in [0, 0.05) is 12.3 Å². The van der Waals surface area contributed by atoms with Gasteiger partial charge in [0.15, 0.2) is 0 Å². The zero-order valence-corrected chi connectivity index (χ0v) is 9.72. The number of hydrogen-bond acceptors (Lipinski definition) is 2. The number of thioether (sulfide) groups is 1. The lowest BCUT2D eigenvalue weighted by molar-refractivity contribution is 0.659. The zero-order chi connectivity index (χ0) is 10.5.